The zero-order valence-electron chi connectivity index (χ0n) is 13.4. The van der Waals surface area contributed by atoms with Crippen molar-refractivity contribution in [1.29, 1.82) is 0 Å². The summed E-state index contributed by atoms with van der Waals surface area (Å²) in [7, 11) is 2.75. The van der Waals surface area contributed by atoms with Crippen LogP contribution in [0.2, 0.25) is 0 Å². The van der Waals surface area contributed by atoms with Crippen molar-refractivity contribution in [2.75, 3.05) is 14.2 Å². The van der Waals surface area contributed by atoms with Crippen LogP contribution in [0.4, 0.5) is 13.2 Å². The number of hydrogen-bond donors (Lipinski definition) is 1. The van der Waals surface area contributed by atoms with Crippen LogP contribution in [-0.2, 0) is 10.9 Å². The van der Waals surface area contributed by atoms with E-state index in [1.807, 2.05) is 0 Å². The maximum absolute atomic E-state index is 12.8. The highest BCUT2D eigenvalue weighted by Crippen LogP contribution is 2.37. The predicted octanol–water partition coefficient (Wildman–Crippen LogP) is 4.65. The second-order valence-corrected chi connectivity index (χ2v) is 5.35. The van der Waals surface area contributed by atoms with E-state index in [1.165, 1.54) is 26.4 Å². The zero-order chi connectivity index (χ0) is 18.2. The summed E-state index contributed by atoms with van der Waals surface area (Å²) in [5, 5.41) is 0.652. The van der Waals surface area contributed by atoms with Gasteiger partial charge in [-0.25, -0.2) is 4.79 Å². The topological polar surface area (TPSA) is 51.3 Å². The lowest BCUT2D eigenvalue weighted by Gasteiger charge is -2.09. The Morgan fingerprint density at radius 1 is 1.04 bits per heavy atom. The van der Waals surface area contributed by atoms with Gasteiger partial charge < -0.3 is 14.5 Å². The molecule has 1 heterocycles. The van der Waals surface area contributed by atoms with Gasteiger partial charge in [-0.2, -0.15) is 13.2 Å². The maximum Gasteiger partial charge on any atom is 0.416 e. The van der Waals surface area contributed by atoms with E-state index < -0.39 is 17.7 Å². The number of fused-ring (bicyclic) bond motifs is 1. The third-order valence-corrected chi connectivity index (χ3v) is 3.90. The summed E-state index contributed by atoms with van der Waals surface area (Å²) in [6.07, 6.45) is -4.42. The molecule has 0 bridgehead atoms. The molecule has 0 atom stereocenters. The van der Waals surface area contributed by atoms with Crippen molar-refractivity contribution in [1.82, 2.24) is 4.98 Å². The molecule has 0 saturated heterocycles. The largest absolute Gasteiger partial charge is 0.497 e. The molecular formula is C18H14F3NO3. The predicted molar refractivity (Wildman–Crippen MR) is 86.6 cm³/mol. The fourth-order valence-electron chi connectivity index (χ4n) is 2.68. The van der Waals surface area contributed by atoms with Crippen LogP contribution in [-0.4, -0.2) is 25.2 Å². The SMILES string of the molecule is COC(=O)c1[nH]c2ccc(OC)cc2c1-c1ccc(C(F)(F)F)cc1. The second kappa shape index (κ2) is 6.16. The van der Waals surface area contributed by atoms with E-state index in [2.05, 4.69) is 4.98 Å². The number of aromatic amines is 1. The molecule has 3 rings (SSSR count). The summed E-state index contributed by atoms with van der Waals surface area (Å²) in [6, 6.07) is 9.79. The molecule has 3 aromatic rings. The summed E-state index contributed by atoms with van der Waals surface area (Å²) in [5.74, 6) is -0.0406. The Morgan fingerprint density at radius 2 is 1.72 bits per heavy atom. The maximum atomic E-state index is 12.8. The second-order valence-electron chi connectivity index (χ2n) is 5.35. The van der Waals surface area contributed by atoms with Gasteiger partial charge in [0.15, 0.2) is 0 Å². The lowest BCUT2D eigenvalue weighted by Crippen LogP contribution is -2.05. The Kier molecular flexibility index (Phi) is 4.16. The number of rotatable bonds is 3. The highest BCUT2D eigenvalue weighted by molar-refractivity contribution is 6.08. The molecule has 2 aromatic carbocycles. The van der Waals surface area contributed by atoms with Crippen molar-refractivity contribution in [3.8, 4) is 16.9 Å². The summed E-state index contributed by atoms with van der Waals surface area (Å²) in [6.45, 7) is 0. The average molecular weight is 349 g/mol. The highest BCUT2D eigenvalue weighted by atomic mass is 19.4. The standard InChI is InChI=1S/C18H14F3NO3/c1-24-12-7-8-14-13(9-12)15(16(22-14)17(23)25-2)10-3-5-11(6-4-10)18(19,20)21/h3-9,22H,1-2H3. The Bertz CT molecular complexity index is 927. The third kappa shape index (κ3) is 3.05. The molecule has 1 aromatic heterocycles. The number of nitrogens with one attached hydrogen (secondary N) is 1. The first-order valence-electron chi connectivity index (χ1n) is 7.31. The van der Waals surface area contributed by atoms with Gasteiger partial charge in [-0.15, -0.1) is 0 Å². The van der Waals surface area contributed by atoms with Crippen LogP contribution in [0.3, 0.4) is 0 Å². The Balaban J connectivity index is 2.23. The molecular weight excluding hydrogens is 335 g/mol. The van der Waals surface area contributed by atoms with Crippen molar-refractivity contribution in [2.45, 2.75) is 6.18 Å². The Labute approximate surface area is 141 Å². The molecule has 0 aliphatic rings. The Morgan fingerprint density at radius 3 is 2.28 bits per heavy atom. The van der Waals surface area contributed by atoms with Crippen LogP contribution < -0.4 is 4.74 Å². The average Bonchev–Trinajstić information content (AvgIpc) is 2.98. The number of halogens is 3. The van der Waals surface area contributed by atoms with Crippen LogP contribution in [0, 0.1) is 0 Å². The third-order valence-electron chi connectivity index (χ3n) is 3.90. The van der Waals surface area contributed by atoms with Gasteiger partial charge in [0.25, 0.3) is 0 Å². The summed E-state index contributed by atoms with van der Waals surface area (Å²) < 4.78 is 48.3. The quantitative estimate of drug-likeness (QED) is 0.701. The van der Waals surface area contributed by atoms with Crippen molar-refractivity contribution < 1.29 is 27.4 Å². The molecule has 0 aliphatic heterocycles. The number of aromatic nitrogens is 1. The van der Waals surface area contributed by atoms with Crippen molar-refractivity contribution in [3.05, 3.63) is 53.7 Å². The van der Waals surface area contributed by atoms with E-state index in [-0.39, 0.29) is 5.69 Å². The summed E-state index contributed by atoms with van der Waals surface area (Å²) in [4.78, 5) is 15.1. The lowest BCUT2D eigenvalue weighted by atomic mass is 10.00. The summed E-state index contributed by atoms with van der Waals surface area (Å²) in [5.41, 5.74) is 0.997. The van der Waals surface area contributed by atoms with Crippen LogP contribution in [0.1, 0.15) is 16.1 Å². The first-order valence-corrected chi connectivity index (χ1v) is 7.31. The number of carbonyl (C=O) groups is 1. The summed E-state index contributed by atoms with van der Waals surface area (Å²) >= 11 is 0. The van der Waals surface area contributed by atoms with Gasteiger partial charge in [-0.05, 0) is 35.9 Å². The van der Waals surface area contributed by atoms with E-state index in [4.69, 9.17) is 9.47 Å². The molecule has 4 nitrogen and oxygen atoms in total. The molecule has 25 heavy (non-hydrogen) atoms. The first kappa shape index (κ1) is 16.9. The molecule has 0 unspecified atom stereocenters. The number of benzene rings is 2. The van der Waals surface area contributed by atoms with Crippen LogP contribution in [0.5, 0.6) is 5.75 Å². The van der Waals surface area contributed by atoms with Gasteiger partial charge in [-0.3, -0.25) is 0 Å². The zero-order valence-corrected chi connectivity index (χ0v) is 13.4. The smallest absolute Gasteiger partial charge is 0.416 e. The monoisotopic (exact) mass is 349 g/mol. The van der Waals surface area contributed by atoms with Gasteiger partial charge in [0.05, 0.1) is 19.8 Å². The minimum Gasteiger partial charge on any atom is -0.497 e. The molecule has 0 fully saturated rings. The number of methoxy groups -OCH3 is 2. The van der Waals surface area contributed by atoms with Crippen molar-refractivity contribution >= 4 is 16.9 Å². The molecule has 0 amide bonds. The van der Waals surface area contributed by atoms with Gasteiger partial charge in [0, 0.05) is 16.5 Å². The van der Waals surface area contributed by atoms with E-state index in [0.29, 0.717) is 27.8 Å². The molecule has 0 aliphatic carbocycles. The Hall–Kier alpha value is -2.96. The molecule has 0 saturated carbocycles. The number of H-pyrrole nitrogens is 1. The number of ether oxygens (including phenoxy) is 2. The molecule has 0 spiro atoms. The normalized spacial score (nSPS) is 11.6. The van der Waals surface area contributed by atoms with Gasteiger partial charge >= 0.3 is 12.1 Å². The fourth-order valence-corrected chi connectivity index (χ4v) is 2.68. The molecule has 130 valence electrons. The number of esters is 1. The van der Waals surface area contributed by atoms with Crippen molar-refractivity contribution in [3.63, 3.8) is 0 Å². The van der Waals surface area contributed by atoms with Gasteiger partial charge in [0.1, 0.15) is 11.4 Å². The highest BCUT2D eigenvalue weighted by Gasteiger charge is 2.30. The number of carbonyl (C=O) groups excluding carboxylic acids is 1. The molecule has 0 radical (unpaired) electrons. The minimum absolute atomic E-state index is 0.172. The molecule has 7 heteroatoms. The lowest BCUT2D eigenvalue weighted by molar-refractivity contribution is -0.137. The van der Waals surface area contributed by atoms with E-state index >= 15 is 0 Å². The number of alkyl halides is 3. The molecule has 1 N–H and O–H groups in total. The minimum atomic E-state index is -4.42. The van der Waals surface area contributed by atoms with E-state index in [9.17, 15) is 18.0 Å². The van der Waals surface area contributed by atoms with Crippen molar-refractivity contribution in [2.24, 2.45) is 0 Å². The number of hydrogen-bond acceptors (Lipinski definition) is 3. The van der Waals surface area contributed by atoms with Crippen LogP contribution in [0.15, 0.2) is 42.5 Å². The van der Waals surface area contributed by atoms with E-state index in [1.54, 1.807) is 18.2 Å². The fraction of sp³-hybridized carbons (Fsp3) is 0.167. The van der Waals surface area contributed by atoms with E-state index in [0.717, 1.165) is 12.1 Å². The van der Waals surface area contributed by atoms with Gasteiger partial charge in [-0.1, -0.05) is 12.1 Å². The first-order chi connectivity index (χ1) is 11.8. The van der Waals surface area contributed by atoms with Crippen LogP contribution >= 0.6 is 0 Å². The van der Waals surface area contributed by atoms with Gasteiger partial charge in [0.2, 0.25) is 0 Å². The van der Waals surface area contributed by atoms with Crippen LogP contribution in [0.25, 0.3) is 22.0 Å².